The van der Waals surface area contributed by atoms with Gasteiger partial charge in [-0.3, -0.25) is 4.98 Å². The van der Waals surface area contributed by atoms with Gasteiger partial charge < -0.3 is 5.32 Å². The molecule has 2 nitrogen and oxygen atoms in total. The Balaban J connectivity index is 1.97. The van der Waals surface area contributed by atoms with E-state index >= 15 is 0 Å². The van der Waals surface area contributed by atoms with Gasteiger partial charge in [-0.1, -0.05) is 44.9 Å². The van der Waals surface area contributed by atoms with Gasteiger partial charge in [0.15, 0.2) is 0 Å². The van der Waals surface area contributed by atoms with Gasteiger partial charge in [0.05, 0.1) is 5.52 Å². The quantitative estimate of drug-likeness (QED) is 0.786. The van der Waals surface area contributed by atoms with Crippen molar-refractivity contribution in [1.82, 2.24) is 10.3 Å². The highest BCUT2D eigenvalue weighted by Crippen LogP contribution is 2.18. The molecule has 1 heterocycles. The Morgan fingerprint density at radius 2 is 1.86 bits per heavy atom. The van der Waals surface area contributed by atoms with Gasteiger partial charge in [-0.2, -0.15) is 0 Å². The molecule has 0 radical (unpaired) electrons. The lowest BCUT2D eigenvalue weighted by molar-refractivity contribution is 0.457. The highest BCUT2D eigenvalue weighted by atomic mass is 14.9. The van der Waals surface area contributed by atoms with Gasteiger partial charge in [0.25, 0.3) is 0 Å². The zero-order valence-corrected chi connectivity index (χ0v) is 13.8. The molecular weight excluding hydrogens is 256 g/mol. The first-order chi connectivity index (χ1) is 10.1. The normalized spacial score (nSPS) is 13.0. The van der Waals surface area contributed by atoms with E-state index in [9.17, 15) is 0 Å². The third-order valence-electron chi connectivity index (χ3n) is 3.99. The number of aromatic nitrogens is 1. The molecule has 1 N–H and O–H groups in total. The first-order valence-electron chi connectivity index (χ1n) is 8.15. The minimum atomic E-state index is 0.566. The van der Waals surface area contributed by atoms with E-state index in [1.165, 1.54) is 30.2 Å². The van der Waals surface area contributed by atoms with Crippen LogP contribution in [0.2, 0.25) is 0 Å². The van der Waals surface area contributed by atoms with Crippen molar-refractivity contribution >= 4 is 10.9 Å². The summed E-state index contributed by atoms with van der Waals surface area (Å²) in [7, 11) is 0. The predicted molar refractivity (Wildman–Crippen MR) is 91.5 cm³/mol. The maximum Gasteiger partial charge on any atom is 0.0708 e. The molecule has 2 rings (SSSR count). The zero-order chi connectivity index (χ0) is 15.2. The Morgan fingerprint density at radius 1 is 1.10 bits per heavy atom. The van der Waals surface area contributed by atoms with Gasteiger partial charge in [0.2, 0.25) is 0 Å². The number of rotatable bonds is 7. The number of para-hydroxylation sites is 1. The minimum absolute atomic E-state index is 0.566. The van der Waals surface area contributed by atoms with Crippen molar-refractivity contribution in [3.8, 4) is 0 Å². The van der Waals surface area contributed by atoms with Crippen LogP contribution in [-0.2, 0) is 6.54 Å². The molecule has 21 heavy (non-hydrogen) atoms. The number of nitrogens with one attached hydrogen (secondary N) is 1. The molecular formula is C19H28N2. The molecule has 0 saturated heterocycles. The summed E-state index contributed by atoms with van der Waals surface area (Å²) in [5.41, 5.74) is 3.55. The van der Waals surface area contributed by atoms with Crippen LogP contribution < -0.4 is 5.32 Å². The predicted octanol–water partition coefficient (Wildman–Crippen LogP) is 4.85. The number of fused-ring (bicyclic) bond motifs is 1. The van der Waals surface area contributed by atoms with Gasteiger partial charge in [-0.15, -0.1) is 0 Å². The summed E-state index contributed by atoms with van der Waals surface area (Å²) >= 11 is 0. The standard InChI is InChI=1S/C19H28N2/c1-14(2)8-7-9-15(3)20-13-17-12-16(4)21-19-11-6-5-10-18(17)19/h5-6,10-12,14-15,20H,7-9,13H2,1-4H3. The highest BCUT2D eigenvalue weighted by molar-refractivity contribution is 5.82. The molecule has 0 fully saturated rings. The fourth-order valence-electron chi connectivity index (χ4n) is 2.76. The average Bonchev–Trinajstić information content (AvgIpc) is 2.44. The van der Waals surface area contributed by atoms with Crippen molar-refractivity contribution in [3.63, 3.8) is 0 Å². The summed E-state index contributed by atoms with van der Waals surface area (Å²) in [5, 5.41) is 4.93. The molecule has 0 aliphatic carbocycles. The van der Waals surface area contributed by atoms with E-state index in [2.05, 4.69) is 68.3 Å². The van der Waals surface area contributed by atoms with Gasteiger partial charge >= 0.3 is 0 Å². The SMILES string of the molecule is Cc1cc(CNC(C)CCCC(C)C)c2ccccc2n1. The average molecular weight is 284 g/mol. The molecule has 0 aliphatic rings. The van der Waals surface area contributed by atoms with Crippen LogP contribution in [0.5, 0.6) is 0 Å². The van der Waals surface area contributed by atoms with Gasteiger partial charge in [-0.05, 0) is 43.9 Å². The molecule has 1 unspecified atom stereocenters. The van der Waals surface area contributed by atoms with Gasteiger partial charge in [-0.25, -0.2) is 0 Å². The molecule has 1 aromatic carbocycles. The fraction of sp³-hybridized carbons (Fsp3) is 0.526. The number of pyridine rings is 1. The van der Waals surface area contributed by atoms with Crippen LogP contribution in [0, 0.1) is 12.8 Å². The molecule has 114 valence electrons. The minimum Gasteiger partial charge on any atom is -0.310 e. The van der Waals surface area contributed by atoms with E-state index in [-0.39, 0.29) is 0 Å². The Morgan fingerprint density at radius 3 is 2.62 bits per heavy atom. The second-order valence-electron chi connectivity index (χ2n) is 6.55. The Hall–Kier alpha value is -1.41. The third-order valence-corrected chi connectivity index (χ3v) is 3.99. The molecule has 0 amide bonds. The molecule has 0 bridgehead atoms. The third kappa shape index (κ3) is 4.82. The van der Waals surface area contributed by atoms with Crippen LogP contribution in [0.15, 0.2) is 30.3 Å². The van der Waals surface area contributed by atoms with E-state index in [4.69, 9.17) is 0 Å². The maximum atomic E-state index is 4.60. The zero-order valence-electron chi connectivity index (χ0n) is 13.8. The smallest absolute Gasteiger partial charge is 0.0708 e. The molecule has 1 atom stereocenters. The summed E-state index contributed by atoms with van der Waals surface area (Å²) in [6, 6.07) is 11.2. The highest BCUT2D eigenvalue weighted by Gasteiger charge is 2.06. The van der Waals surface area contributed by atoms with Crippen LogP contribution in [0.4, 0.5) is 0 Å². The van der Waals surface area contributed by atoms with Crippen LogP contribution in [0.1, 0.15) is 51.3 Å². The molecule has 2 heteroatoms. The molecule has 0 spiro atoms. The lowest BCUT2D eigenvalue weighted by Gasteiger charge is -2.16. The van der Waals surface area contributed by atoms with Crippen molar-refractivity contribution in [2.75, 3.05) is 0 Å². The van der Waals surface area contributed by atoms with Gasteiger partial charge in [0, 0.05) is 23.7 Å². The van der Waals surface area contributed by atoms with Crippen molar-refractivity contribution < 1.29 is 0 Å². The Labute approximate surface area is 129 Å². The topological polar surface area (TPSA) is 24.9 Å². The number of hydrogen-bond donors (Lipinski definition) is 1. The summed E-state index contributed by atoms with van der Waals surface area (Å²) < 4.78 is 0. The van der Waals surface area contributed by atoms with Crippen LogP contribution in [0.3, 0.4) is 0 Å². The number of nitrogens with zero attached hydrogens (tertiary/aromatic N) is 1. The molecule has 1 aromatic heterocycles. The molecule has 2 aromatic rings. The van der Waals surface area contributed by atoms with E-state index in [0.29, 0.717) is 6.04 Å². The largest absolute Gasteiger partial charge is 0.310 e. The fourth-order valence-corrected chi connectivity index (χ4v) is 2.76. The van der Waals surface area contributed by atoms with Crippen LogP contribution >= 0.6 is 0 Å². The molecule has 0 aliphatic heterocycles. The number of benzene rings is 1. The monoisotopic (exact) mass is 284 g/mol. The van der Waals surface area contributed by atoms with Crippen molar-refractivity contribution in [2.45, 2.75) is 59.5 Å². The first kappa shape index (κ1) is 16.0. The summed E-state index contributed by atoms with van der Waals surface area (Å²) in [5.74, 6) is 0.809. The Kier molecular flexibility index (Phi) is 5.75. The lowest BCUT2D eigenvalue weighted by Crippen LogP contribution is -2.25. The van der Waals surface area contributed by atoms with Crippen molar-refractivity contribution in [3.05, 3.63) is 41.6 Å². The second kappa shape index (κ2) is 7.56. The molecule has 0 saturated carbocycles. The summed E-state index contributed by atoms with van der Waals surface area (Å²) in [6.07, 6.45) is 3.88. The van der Waals surface area contributed by atoms with Crippen molar-refractivity contribution in [2.24, 2.45) is 5.92 Å². The van der Waals surface area contributed by atoms with Crippen LogP contribution in [-0.4, -0.2) is 11.0 Å². The summed E-state index contributed by atoms with van der Waals surface area (Å²) in [6.45, 7) is 9.87. The van der Waals surface area contributed by atoms with Gasteiger partial charge in [0.1, 0.15) is 0 Å². The van der Waals surface area contributed by atoms with E-state index in [0.717, 1.165) is 23.7 Å². The van der Waals surface area contributed by atoms with Crippen LogP contribution in [0.25, 0.3) is 10.9 Å². The van der Waals surface area contributed by atoms with E-state index < -0.39 is 0 Å². The van der Waals surface area contributed by atoms with E-state index in [1.807, 2.05) is 0 Å². The second-order valence-corrected chi connectivity index (χ2v) is 6.55. The lowest BCUT2D eigenvalue weighted by atomic mass is 10.0. The number of hydrogen-bond acceptors (Lipinski definition) is 2. The Bertz CT molecular complexity index is 575. The first-order valence-corrected chi connectivity index (χ1v) is 8.15. The van der Waals surface area contributed by atoms with E-state index in [1.54, 1.807) is 0 Å². The van der Waals surface area contributed by atoms with Crippen molar-refractivity contribution in [1.29, 1.82) is 0 Å². The maximum absolute atomic E-state index is 4.60. The summed E-state index contributed by atoms with van der Waals surface area (Å²) in [4.78, 5) is 4.60. The number of aryl methyl sites for hydroxylation is 1.